The summed E-state index contributed by atoms with van der Waals surface area (Å²) in [5.41, 5.74) is 3.86. The number of nitrogens with zero attached hydrogens (tertiary/aromatic N) is 1. The van der Waals surface area contributed by atoms with Crippen molar-refractivity contribution in [2.24, 2.45) is 5.10 Å². The highest BCUT2D eigenvalue weighted by Gasteiger charge is 2.15. The number of carbonyl (C=O) groups is 1. The summed E-state index contributed by atoms with van der Waals surface area (Å²) in [7, 11) is 0. The van der Waals surface area contributed by atoms with Crippen LogP contribution >= 0.6 is 11.6 Å². The van der Waals surface area contributed by atoms with Gasteiger partial charge in [0, 0.05) is 16.3 Å². The van der Waals surface area contributed by atoms with Crippen LogP contribution in [-0.4, -0.2) is 23.3 Å². The Morgan fingerprint density at radius 2 is 2.00 bits per heavy atom. The topological polar surface area (TPSA) is 73.7 Å². The Kier molecular flexibility index (Phi) is 5.94. The molecule has 3 N–H and O–H groups in total. The predicted molar refractivity (Wildman–Crippen MR) is 111 cm³/mol. The van der Waals surface area contributed by atoms with E-state index in [9.17, 15) is 9.90 Å². The van der Waals surface area contributed by atoms with Crippen LogP contribution in [0.15, 0.2) is 65.8 Å². The zero-order chi connectivity index (χ0) is 19.2. The summed E-state index contributed by atoms with van der Waals surface area (Å²) in [4.78, 5) is 12.4. The first-order valence-corrected chi connectivity index (χ1v) is 9.02. The summed E-state index contributed by atoms with van der Waals surface area (Å²) in [5, 5.41) is 19.7. The van der Waals surface area contributed by atoms with Crippen molar-refractivity contribution < 1.29 is 9.90 Å². The highest BCUT2D eigenvalue weighted by molar-refractivity contribution is 6.30. The van der Waals surface area contributed by atoms with Gasteiger partial charge in [-0.15, -0.1) is 0 Å². The maximum Gasteiger partial charge on any atom is 0.262 e. The van der Waals surface area contributed by atoms with Gasteiger partial charge in [-0.3, -0.25) is 4.79 Å². The smallest absolute Gasteiger partial charge is 0.262 e. The molecule has 3 aromatic rings. The van der Waals surface area contributed by atoms with Crippen molar-refractivity contribution in [2.75, 3.05) is 5.32 Å². The molecule has 6 heteroatoms. The second kappa shape index (κ2) is 8.56. The van der Waals surface area contributed by atoms with Gasteiger partial charge < -0.3 is 10.4 Å². The SMILES string of the molecule is CCC(Nc1cccc(Cl)c1)C(=O)NN=Cc1c(O)ccc2ccccc12. The van der Waals surface area contributed by atoms with Crippen LogP contribution in [-0.2, 0) is 4.79 Å². The number of phenols is 1. The van der Waals surface area contributed by atoms with Crippen LogP contribution in [0.4, 0.5) is 5.69 Å². The monoisotopic (exact) mass is 381 g/mol. The normalized spacial score (nSPS) is 12.2. The Labute approximate surface area is 162 Å². The highest BCUT2D eigenvalue weighted by atomic mass is 35.5. The molecule has 0 aromatic heterocycles. The minimum Gasteiger partial charge on any atom is -0.507 e. The molecule has 1 amide bonds. The molecule has 0 aliphatic carbocycles. The lowest BCUT2D eigenvalue weighted by atomic mass is 10.0. The summed E-state index contributed by atoms with van der Waals surface area (Å²) in [5.74, 6) is -0.163. The summed E-state index contributed by atoms with van der Waals surface area (Å²) >= 11 is 5.98. The van der Waals surface area contributed by atoms with Gasteiger partial charge in [-0.1, -0.05) is 54.9 Å². The molecule has 0 saturated carbocycles. The fourth-order valence-electron chi connectivity index (χ4n) is 2.79. The van der Waals surface area contributed by atoms with Gasteiger partial charge >= 0.3 is 0 Å². The highest BCUT2D eigenvalue weighted by Crippen LogP contribution is 2.25. The summed E-state index contributed by atoms with van der Waals surface area (Å²) in [6.45, 7) is 1.90. The number of carbonyl (C=O) groups excluding carboxylic acids is 1. The van der Waals surface area contributed by atoms with E-state index in [1.165, 1.54) is 6.21 Å². The van der Waals surface area contributed by atoms with Gasteiger partial charge in [0.05, 0.1) is 6.21 Å². The third-order valence-corrected chi connectivity index (χ3v) is 4.44. The van der Waals surface area contributed by atoms with E-state index < -0.39 is 6.04 Å². The number of hydrazone groups is 1. The van der Waals surface area contributed by atoms with Crippen molar-refractivity contribution in [3.63, 3.8) is 0 Å². The minimum absolute atomic E-state index is 0.107. The molecular weight excluding hydrogens is 362 g/mol. The number of benzene rings is 3. The molecule has 0 fully saturated rings. The number of hydrogen-bond donors (Lipinski definition) is 3. The van der Waals surface area contributed by atoms with Crippen LogP contribution < -0.4 is 10.7 Å². The quantitative estimate of drug-likeness (QED) is 0.433. The fraction of sp³-hybridized carbons (Fsp3) is 0.143. The van der Waals surface area contributed by atoms with Gasteiger partial charge in [-0.25, -0.2) is 5.43 Å². The minimum atomic E-state index is -0.457. The van der Waals surface area contributed by atoms with Crippen LogP contribution in [0, 0.1) is 0 Å². The molecule has 27 heavy (non-hydrogen) atoms. The van der Waals surface area contributed by atoms with Gasteiger partial charge in [0.2, 0.25) is 0 Å². The molecule has 3 aromatic carbocycles. The first-order chi connectivity index (χ1) is 13.1. The molecule has 5 nitrogen and oxygen atoms in total. The van der Waals surface area contributed by atoms with Crippen LogP contribution in [0.1, 0.15) is 18.9 Å². The lowest BCUT2D eigenvalue weighted by Gasteiger charge is -2.16. The number of phenolic OH excluding ortho intramolecular Hbond substituents is 1. The van der Waals surface area contributed by atoms with Crippen LogP contribution in [0.3, 0.4) is 0 Å². The number of aromatic hydroxyl groups is 1. The maximum atomic E-state index is 12.4. The van der Waals surface area contributed by atoms with E-state index in [1.54, 1.807) is 18.2 Å². The van der Waals surface area contributed by atoms with Crippen molar-refractivity contribution in [2.45, 2.75) is 19.4 Å². The zero-order valence-electron chi connectivity index (χ0n) is 14.8. The Balaban J connectivity index is 1.72. The number of halogens is 1. The summed E-state index contributed by atoms with van der Waals surface area (Å²) < 4.78 is 0. The van der Waals surface area contributed by atoms with E-state index in [1.807, 2.05) is 49.4 Å². The molecule has 138 valence electrons. The molecule has 0 aliphatic rings. The average molecular weight is 382 g/mol. The number of hydrogen-bond acceptors (Lipinski definition) is 4. The molecular formula is C21H20ClN3O2. The molecule has 0 spiro atoms. The Morgan fingerprint density at radius 1 is 1.19 bits per heavy atom. The Morgan fingerprint density at radius 3 is 2.78 bits per heavy atom. The third kappa shape index (κ3) is 4.57. The summed E-state index contributed by atoms with van der Waals surface area (Å²) in [6, 6.07) is 17.8. The maximum absolute atomic E-state index is 12.4. The van der Waals surface area contributed by atoms with E-state index >= 15 is 0 Å². The lowest BCUT2D eigenvalue weighted by molar-refractivity contribution is -0.121. The number of nitrogens with one attached hydrogen (secondary N) is 2. The van der Waals surface area contributed by atoms with Gasteiger partial charge in [0.1, 0.15) is 11.8 Å². The van der Waals surface area contributed by atoms with Crippen molar-refractivity contribution in [1.82, 2.24) is 5.43 Å². The van der Waals surface area contributed by atoms with Gasteiger partial charge in [0.15, 0.2) is 0 Å². The fourth-order valence-corrected chi connectivity index (χ4v) is 2.98. The molecule has 3 rings (SSSR count). The molecule has 0 radical (unpaired) electrons. The second-order valence-electron chi connectivity index (χ2n) is 6.07. The average Bonchev–Trinajstić information content (AvgIpc) is 2.67. The second-order valence-corrected chi connectivity index (χ2v) is 6.51. The van der Waals surface area contributed by atoms with Gasteiger partial charge in [-0.2, -0.15) is 5.10 Å². The lowest BCUT2D eigenvalue weighted by Crippen LogP contribution is -2.36. The van der Waals surface area contributed by atoms with E-state index in [4.69, 9.17) is 11.6 Å². The largest absolute Gasteiger partial charge is 0.507 e. The van der Waals surface area contributed by atoms with Crippen molar-refractivity contribution in [3.8, 4) is 5.75 Å². The van der Waals surface area contributed by atoms with Crippen LogP contribution in [0.2, 0.25) is 5.02 Å². The van der Waals surface area contributed by atoms with E-state index in [2.05, 4.69) is 15.8 Å². The van der Waals surface area contributed by atoms with Gasteiger partial charge in [0.25, 0.3) is 5.91 Å². The van der Waals surface area contributed by atoms with E-state index in [-0.39, 0.29) is 11.7 Å². The van der Waals surface area contributed by atoms with E-state index in [0.29, 0.717) is 17.0 Å². The van der Waals surface area contributed by atoms with Crippen LogP contribution in [0.5, 0.6) is 5.75 Å². The standard InChI is InChI=1S/C21H20ClN3O2/c1-2-19(24-16-8-5-7-15(22)12-16)21(27)25-23-13-18-17-9-4-3-6-14(17)10-11-20(18)26/h3-13,19,24,26H,2H2,1H3,(H,25,27). The number of anilines is 1. The van der Waals surface area contributed by atoms with Crippen LogP contribution in [0.25, 0.3) is 10.8 Å². The van der Waals surface area contributed by atoms with Crippen molar-refractivity contribution in [1.29, 1.82) is 0 Å². The molecule has 0 heterocycles. The van der Waals surface area contributed by atoms with Crippen molar-refractivity contribution in [3.05, 3.63) is 71.2 Å². The van der Waals surface area contributed by atoms with Crippen molar-refractivity contribution >= 4 is 40.2 Å². The Bertz CT molecular complexity index is 988. The zero-order valence-corrected chi connectivity index (χ0v) is 15.6. The molecule has 1 unspecified atom stereocenters. The molecule has 0 saturated heterocycles. The van der Waals surface area contributed by atoms with Gasteiger partial charge in [-0.05, 0) is 41.5 Å². The molecule has 1 atom stereocenters. The molecule has 0 bridgehead atoms. The predicted octanol–water partition coefficient (Wildman–Crippen LogP) is 4.54. The molecule has 0 aliphatic heterocycles. The Hall–Kier alpha value is -3.05. The first kappa shape index (κ1) is 18.7. The number of amides is 1. The van der Waals surface area contributed by atoms with E-state index in [0.717, 1.165) is 16.5 Å². The third-order valence-electron chi connectivity index (χ3n) is 4.21. The first-order valence-electron chi connectivity index (χ1n) is 8.64. The summed E-state index contributed by atoms with van der Waals surface area (Å²) in [6.07, 6.45) is 2.04. The number of rotatable bonds is 6. The number of fused-ring (bicyclic) bond motifs is 1.